The lowest BCUT2D eigenvalue weighted by atomic mass is 10.1. The molecule has 16 heavy (non-hydrogen) atoms. The second-order valence-electron chi connectivity index (χ2n) is 3.54. The van der Waals surface area contributed by atoms with Crippen LogP contribution in [0.25, 0.3) is 0 Å². The zero-order chi connectivity index (χ0) is 11.7. The molecule has 0 aliphatic carbocycles. The summed E-state index contributed by atoms with van der Waals surface area (Å²) in [5.41, 5.74) is -0.586. The van der Waals surface area contributed by atoms with E-state index >= 15 is 0 Å². The van der Waals surface area contributed by atoms with Gasteiger partial charge < -0.3 is 20.1 Å². The summed E-state index contributed by atoms with van der Waals surface area (Å²) >= 11 is 0. The summed E-state index contributed by atoms with van der Waals surface area (Å²) < 4.78 is 6.25. The van der Waals surface area contributed by atoms with Crippen LogP contribution >= 0.6 is 0 Å². The molecule has 0 spiro atoms. The van der Waals surface area contributed by atoms with E-state index in [2.05, 4.69) is 4.98 Å². The van der Waals surface area contributed by atoms with Gasteiger partial charge in [-0.05, 0) is 6.07 Å². The lowest BCUT2D eigenvalue weighted by molar-refractivity contribution is -0.0549. The third-order valence-electron chi connectivity index (χ3n) is 2.53. The largest absolute Gasteiger partial charge is 0.394 e. The maximum absolute atomic E-state index is 11.4. The average molecular weight is 228 g/mol. The van der Waals surface area contributed by atoms with Gasteiger partial charge in [0, 0.05) is 12.4 Å². The van der Waals surface area contributed by atoms with Crippen LogP contribution in [0.4, 0.5) is 0 Å². The first-order chi connectivity index (χ1) is 7.65. The summed E-state index contributed by atoms with van der Waals surface area (Å²) in [6.45, 7) is -0.427. The number of nitrogens with zero attached hydrogens (tertiary/aromatic N) is 2. The molecule has 88 valence electrons. The minimum atomic E-state index is -1.26. The molecular formula is C9H12N2O5. The van der Waals surface area contributed by atoms with Gasteiger partial charge in [0.25, 0.3) is 0 Å². The molecule has 1 aliphatic rings. The molecule has 4 atom stereocenters. The van der Waals surface area contributed by atoms with Crippen LogP contribution in [0.3, 0.4) is 0 Å². The van der Waals surface area contributed by atoms with Gasteiger partial charge in [0.15, 0.2) is 6.23 Å². The average Bonchev–Trinajstić information content (AvgIpc) is 2.57. The van der Waals surface area contributed by atoms with E-state index in [1.54, 1.807) is 0 Å². The number of hydrogen-bond donors (Lipinski definition) is 3. The molecule has 0 saturated carbocycles. The van der Waals surface area contributed by atoms with Gasteiger partial charge in [-0.25, -0.2) is 9.78 Å². The number of aliphatic hydroxyl groups is 3. The second kappa shape index (κ2) is 4.30. The molecule has 0 aromatic carbocycles. The summed E-state index contributed by atoms with van der Waals surface area (Å²) in [4.78, 5) is 14.9. The molecule has 2 rings (SSSR count). The number of aromatic nitrogens is 2. The van der Waals surface area contributed by atoms with Gasteiger partial charge in [0.2, 0.25) is 0 Å². The highest BCUT2D eigenvalue weighted by Crippen LogP contribution is 2.27. The fraction of sp³-hybridized carbons (Fsp3) is 0.556. The molecule has 1 saturated heterocycles. The Morgan fingerprint density at radius 1 is 1.44 bits per heavy atom. The Kier molecular flexibility index (Phi) is 3.01. The molecule has 2 unspecified atom stereocenters. The van der Waals surface area contributed by atoms with E-state index in [4.69, 9.17) is 9.84 Å². The van der Waals surface area contributed by atoms with Gasteiger partial charge in [-0.2, -0.15) is 0 Å². The number of rotatable bonds is 2. The van der Waals surface area contributed by atoms with Gasteiger partial charge in [-0.3, -0.25) is 4.57 Å². The maximum Gasteiger partial charge on any atom is 0.349 e. The topological polar surface area (TPSA) is 105 Å². The Morgan fingerprint density at radius 2 is 2.19 bits per heavy atom. The summed E-state index contributed by atoms with van der Waals surface area (Å²) in [5, 5.41) is 28.1. The molecule has 1 fully saturated rings. The quantitative estimate of drug-likeness (QED) is 0.533. The van der Waals surface area contributed by atoms with Crippen molar-refractivity contribution in [3.05, 3.63) is 28.9 Å². The molecule has 1 aromatic rings. The fourth-order valence-corrected chi connectivity index (χ4v) is 1.67. The Labute approximate surface area is 90.6 Å². The van der Waals surface area contributed by atoms with Crippen LogP contribution < -0.4 is 5.69 Å². The van der Waals surface area contributed by atoms with Crippen LogP contribution in [0, 0.1) is 0 Å². The van der Waals surface area contributed by atoms with Crippen molar-refractivity contribution in [2.24, 2.45) is 0 Å². The third kappa shape index (κ3) is 1.74. The fourth-order valence-electron chi connectivity index (χ4n) is 1.67. The van der Waals surface area contributed by atoms with E-state index in [1.807, 2.05) is 0 Å². The smallest absolute Gasteiger partial charge is 0.349 e. The van der Waals surface area contributed by atoms with Crippen LogP contribution in [0.2, 0.25) is 0 Å². The molecule has 1 aliphatic heterocycles. The minimum absolute atomic E-state index is 0.427. The molecule has 1 aromatic heterocycles. The molecule has 7 heteroatoms. The normalized spacial score (nSPS) is 34.2. The number of ether oxygens (including phenoxy) is 1. The van der Waals surface area contributed by atoms with E-state index in [1.165, 1.54) is 18.5 Å². The van der Waals surface area contributed by atoms with Gasteiger partial charge >= 0.3 is 5.69 Å². The van der Waals surface area contributed by atoms with Crippen LogP contribution in [0.1, 0.15) is 6.23 Å². The first-order valence-corrected chi connectivity index (χ1v) is 4.80. The van der Waals surface area contributed by atoms with Crippen molar-refractivity contribution in [3.63, 3.8) is 0 Å². The van der Waals surface area contributed by atoms with E-state index in [0.717, 1.165) is 4.57 Å². The predicted molar refractivity (Wildman–Crippen MR) is 51.5 cm³/mol. The van der Waals surface area contributed by atoms with Crippen molar-refractivity contribution < 1.29 is 20.1 Å². The van der Waals surface area contributed by atoms with E-state index in [9.17, 15) is 15.0 Å². The van der Waals surface area contributed by atoms with E-state index in [0.29, 0.717) is 0 Å². The highest BCUT2D eigenvalue weighted by molar-refractivity contribution is 4.92. The molecule has 2 heterocycles. The SMILES string of the molecule is O=c1ncccn1C1OC(CO)[C@@H](O)[C@H]1O. The Morgan fingerprint density at radius 3 is 2.75 bits per heavy atom. The van der Waals surface area contributed by atoms with Crippen molar-refractivity contribution in [2.45, 2.75) is 24.5 Å². The van der Waals surface area contributed by atoms with Crippen molar-refractivity contribution >= 4 is 0 Å². The predicted octanol–water partition coefficient (Wildman–Crippen LogP) is -2.15. The van der Waals surface area contributed by atoms with Gasteiger partial charge in [0.1, 0.15) is 18.3 Å². The van der Waals surface area contributed by atoms with E-state index in [-0.39, 0.29) is 0 Å². The molecule has 0 radical (unpaired) electrons. The summed E-state index contributed by atoms with van der Waals surface area (Å²) in [7, 11) is 0. The van der Waals surface area contributed by atoms with E-state index < -0.39 is 36.8 Å². The van der Waals surface area contributed by atoms with Crippen molar-refractivity contribution in [1.29, 1.82) is 0 Å². The zero-order valence-electron chi connectivity index (χ0n) is 8.30. The summed E-state index contributed by atoms with van der Waals surface area (Å²) in [6, 6.07) is 1.51. The number of aliphatic hydroxyl groups excluding tert-OH is 3. The molecule has 0 amide bonds. The van der Waals surface area contributed by atoms with Crippen molar-refractivity contribution in [1.82, 2.24) is 9.55 Å². The molecule has 7 nitrogen and oxygen atoms in total. The van der Waals surface area contributed by atoms with Gasteiger partial charge in [-0.1, -0.05) is 0 Å². The minimum Gasteiger partial charge on any atom is -0.394 e. The highest BCUT2D eigenvalue weighted by Gasteiger charge is 2.43. The van der Waals surface area contributed by atoms with Gasteiger partial charge in [-0.15, -0.1) is 0 Å². The molecule has 0 bridgehead atoms. The Hall–Kier alpha value is -1.28. The zero-order valence-corrected chi connectivity index (χ0v) is 8.30. The van der Waals surface area contributed by atoms with Crippen LogP contribution in [0.15, 0.2) is 23.3 Å². The standard InChI is InChI=1S/C9H12N2O5/c12-4-5-6(13)7(14)8(16-5)11-3-1-2-10-9(11)15/h1-3,5-8,12-14H,4H2/t5?,6-,7-,8?/m1/s1. The lowest BCUT2D eigenvalue weighted by Crippen LogP contribution is -2.35. The first-order valence-electron chi connectivity index (χ1n) is 4.80. The van der Waals surface area contributed by atoms with Crippen molar-refractivity contribution in [3.8, 4) is 0 Å². The Balaban J connectivity index is 2.30. The van der Waals surface area contributed by atoms with Crippen LogP contribution in [-0.2, 0) is 4.74 Å². The summed E-state index contributed by atoms with van der Waals surface area (Å²) in [6.07, 6.45) is -1.68. The maximum atomic E-state index is 11.4. The van der Waals surface area contributed by atoms with Crippen molar-refractivity contribution in [2.75, 3.05) is 6.61 Å². The monoisotopic (exact) mass is 228 g/mol. The third-order valence-corrected chi connectivity index (χ3v) is 2.53. The van der Waals surface area contributed by atoms with Gasteiger partial charge in [0.05, 0.1) is 6.61 Å². The molecular weight excluding hydrogens is 216 g/mol. The second-order valence-corrected chi connectivity index (χ2v) is 3.54. The first kappa shape index (κ1) is 11.2. The van der Waals surface area contributed by atoms with Crippen LogP contribution in [0.5, 0.6) is 0 Å². The highest BCUT2D eigenvalue weighted by atomic mass is 16.6. The Bertz CT molecular complexity index is 420. The lowest BCUT2D eigenvalue weighted by Gasteiger charge is -2.16. The van der Waals surface area contributed by atoms with Crippen LogP contribution in [-0.4, -0.2) is 49.8 Å². The molecule has 3 N–H and O–H groups in total. The number of hydrogen-bond acceptors (Lipinski definition) is 6. The summed E-state index contributed by atoms with van der Waals surface area (Å²) in [5.74, 6) is 0.